The molecule has 1 unspecified atom stereocenters. The topological polar surface area (TPSA) is 88.6 Å². The molecule has 2 fully saturated rings. The van der Waals surface area contributed by atoms with E-state index in [-0.39, 0.29) is 40.4 Å². The van der Waals surface area contributed by atoms with E-state index in [0.717, 1.165) is 24.2 Å². The Labute approximate surface area is 131 Å². The van der Waals surface area contributed by atoms with E-state index in [9.17, 15) is 13.2 Å². The Kier molecular flexibility index (Phi) is 4.19. The van der Waals surface area contributed by atoms with E-state index in [2.05, 4.69) is 10.3 Å². The number of hydrogen-bond donors (Lipinski definition) is 1. The third kappa shape index (κ3) is 3.21. The largest absolute Gasteiger partial charge is 0.378 e. The van der Waals surface area contributed by atoms with Gasteiger partial charge in [0.1, 0.15) is 6.04 Å². The molecule has 0 bridgehead atoms. The fraction of sp³-hybridized carbons (Fsp3) is 0.636. The summed E-state index contributed by atoms with van der Waals surface area (Å²) in [5.74, 6) is -0.309. The van der Waals surface area contributed by atoms with Gasteiger partial charge in [0.15, 0.2) is 8.68 Å². The molecule has 1 saturated carbocycles. The van der Waals surface area contributed by atoms with Gasteiger partial charge in [-0.1, -0.05) is 22.9 Å². The number of sulfonamides is 1. The Bertz CT molecular complexity index is 644. The van der Waals surface area contributed by atoms with Crippen molar-refractivity contribution in [1.82, 2.24) is 14.6 Å². The van der Waals surface area contributed by atoms with Gasteiger partial charge in [-0.2, -0.15) is 4.31 Å². The third-order valence-electron chi connectivity index (χ3n) is 3.32. The third-order valence-corrected chi connectivity index (χ3v) is 6.78. The normalized spacial score (nSPS) is 24.0. The predicted octanol–water partition coefficient (Wildman–Crippen LogP) is 0.465. The number of hydrogen-bond acceptors (Lipinski definition) is 6. The first-order chi connectivity index (χ1) is 9.98. The first-order valence-electron chi connectivity index (χ1n) is 6.50. The highest BCUT2D eigenvalue weighted by atomic mass is 35.5. The predicted molar refractivity (Wildman–Crippen MR) is 76.8 cm³/mol. The molecular formula is C11H14ClN3O4S2. The van der Waals surface area contributed by atoms with Crippen LogP contribution in [0.3, 0.4) is 0 Å². The molecule has 1 atom stereocenters. The molecule has 1 aliphatic carbocycles. The van der Waals surface area contributed by atoms with Crippen LogP contribution in [0.15, 0.2) is 10.4 Å². The van der Waals surface area contributed by atoms with Gasteiger partial charge in [0.05, 0.1) is 19.4 Å². The maximum Gasteiger partial charge on any atom is 0.255 e. The minimum Gasteiger partial charge on any atom is -0.378 e. The fourth-order valence-corrected chi connectivity index (χ4v) is 5.06. The second kappa shape index (κ2) is 5.81. The van der Waals surface area contributed by atoms with Gasteiger partial charge in [-0.25, -0.2) is 13.4 Å². The highest BCUT2D eigenvalue weighted by Gasteiger charge is 2.40. The number of carbonyl (C=O) groups excluding carboxylic acids is 1. The van der Waals surface area contributed by atoms with Crippen molar-refractivity contribution < 1.29 is 17.9 Å². The average molecular weight is 352 g/mol. The smallest absolute Gasteiger partial charge is 0.255 e. The Morgan fingerprint density at radius 2 is 2.29 bits per heavy atom. The van der Waals surface area contributed by atoms with Gasteiger partial charge >= 0.3 is 0 Å². The monoisotopic (exact) mass is 351 g/mol. The molecule has 10 heteroatoms. The van der Waals surface area contributed by atoms with Crippen molar-refractivity contribution in [1.29, 1.82) is 0 Å². The maximum absolute atomic E-state index is 12.6. The van der Waals surface area contributed by atoms with Crippen molar-refractivity contribution in [3.63, 3.8) is 0 Å². The van der Waals surface area contributed by atoms with Crippen LogP contribution in [0.5, 0.6) is 0 Å². The Morgan fingerprint density at radius 3 is 2.90 bits per heavy atom. The molecule has 1 saturated heterocycles. The Hall–Kier alpha value is -0.740. The molecule has 2 aliphatic rings. The number of nitrogens with one attached hydrogen (secondary N) is 1. The summed E-state index contributed by atoms with van der Waals surface area (Å²) in [6, 6.07) is -0.674. The molecule has 0 spiro atoms. The van der Waals surface area contributed by atoms with Gasteiger partial charge in [-0.15, -0.1) is 0 Å². The lowest BCUT2D eigenvalue weighted by molar-refractivity contribution is -0.129. The Morgan fingerprint density at radius 1 is 1.52 bits per heavy atom. The minimum atomic E-state index is -3.79. The molecule has 21 heavy (non-hydrogen) atoms. The summed E-state index contributed by atoms with van der Waals surface area (Å²) < 4.78 is 31.9. The molecule has 0 radical (unpaired) electrons. The summed E-state index contributed by atoms with van der Waals surface area (Å²) in [7, 11) is -3.79. The van der Waals surface area contributed by atoms with Crippen molar-refractivity contribution in [3.05, 3.63) is 10.7 Å². The molecule has 7 nitrogen and oxygen atoms in total. The lowest BCUT2D eigenvalue weighted by Gasteiger charge is -2.33. The van der Waals surface area contributed by atoms with Crippen LogP contribution < -0.4 is 5.32 Å². The highest BCUT2D eigenvalue weighted by Crippen LogP contribution is 2.28. The van der Waals surface area contributed by atoms with Gasteiger partial charge in [-0.05, 0) is 12.8 Å². The number of amides is 1. The number of morpholine rings is 1. The zero-order chi connectivity index (χ0) is 15.0. The SMILES string of the molecule is O=C(NC1CC1)C1COCCN1S(=O)(=O)c1cnc(Cl)s1. The molecule has 1 aliphatic heterocycles. The summed E-state index contributed by atoms with van der Waals surface area (Å²) in [5.41, 5.74) is 0. The molecule has 3 rings (SSSR count). The van der Waals surface area contributed by atoms with Crippen LogP contribution in [0, 0.1) is 0 Å². The van der Waals surface area contributed by atoms with Crippen LogP contribution in [-0.4, -0.2) is 55.5 Å². The zero-order valence-corrected chi connectivity index (χ0v) is 13.4. The second-order valence-corrected chi connectivity index (χ2v) is 8.65. The first-order valence-corrected chi connectivity index (χ1v) is 9.13. The molecule has 1 aromatic rings. The van der Waals surface area contributed by atoms with E-state index >= 15 is 0 Å². The van der Waals surface area contributed by atoms with Crippen LogP contribution in [0.4, 0.5) is 0 Å². The second-order valence-electron chi connectivity index (χ2n) is 4.92. The number of aromatic nitrogens is 1. The van der Waals surface area contributed by atoms with Gasteiger partial charge < -0.3 is 10.1 Å². The quantitative estimate of drug-likeness (QED) is 0.851. The van der Waals surface area contributed by atoms with Gasteiger partial charge in [0.25, 0.3) is 10.0 Å². The lowest BCUT2D eigenvalue weighted by atomic mass is 10.2. The summed E-state index contributed by atoms with van der Waals surface area (Å²) >= 11 is 6.58. The van der Waals surface area contributed by atoms with Crippen molar-refractivity contribution in [2.24, 2.45) is 0 Å². The summed E-state index contributed by atoms with van der Waals surface area (Å²) in [6.07, 6.45) is 3.10. The van der Waals surface area contributed by atoms with Crippen molar-refractivity contribution in [3.8, 4) is 0 Å². The average Bonchev–Trinajstić information content (AvgIpc) is 3.16. The van der Waals surface area contributed by atoms with E-state index in [0.29, 0.717) is 0 Å². The molecule has 1 aromatic heterocycles. The highest BCUT2D eigenvalue weighted by molar-refractivity contribution is 7.91. The fourth-order valence-electron chi connectivity index (χ4n) is 2.08. The summed E-state index contributed by atoms with van der Waals surface area (Å²) in [5, 5.41) is 2.82. The number of ether oxygens (including phenoxy) is 1. The molecule has 2 heterocycles. The van der Waals surface area contributed by atoms with Gasteiger partial charge in [-0.3, -0.25) is 4.79 Å². The van der Waals surface area contributed by atoms with Crippen LogP contribution in [0.25, 0.3) is 0 Å². The number of thiazole rings is 1. The van der Waals surface area contributed by atoms with E-state index in [4.69, 9.17) is 16.3 Å². The zero-order valence-electron chi connectivity index (χ0n) is 11.0. The van der Waals surface area contributed by atoms with E-state index in [1.807, 2.05) is 0 Å². The van der Waals surface area contributed by atoms with E-state index < -0.39 is 16.1 Å². The first kappa shape index (κ1) is 15.2. The van der Waals surface area contributed by atoms with E-state index in [1.54, 1.807) is 0 Å². The molecule has 0 aromatic carbocycles. The number of nitrogens with zero attached hydrogens (tertiary/aromatic N) is 2. The number of halogens is 1. The number of carbonyl (C=O) groups is 1. The van der Waals surface area contributed by atoms with Crippen LogP contribution in [0.2, 0.25) is 4.47 Å². The molecule has 1 amide bonds. The Balaban J connectivity index is 1.84. The van der Waals surface area contributed by atoms with Crippen molar-refractivity contribution >= 4 is 38.9 Å². The molecular weight excluding hydrogens is 338 g/mol. The minimum absolute atomic E-state index is 0.0404. The van der Waals surface area contributed by atoms with Gasteiger partial charge in [0.2, 0.25) is 5.91 Å². The summed E-state index contributed by atoms with van der Waals surface area (Å²) in [6.45, 7) is 0.462. The lowest BCUT2D eigenvalue weighted by Crippen LogP contribution is -2.55. The summed E-state index contributed by atoms with van der Waals surface area (Å²) in [4.78, 5) is 16.0. The maximum atomic E-state index is 12.6. The van der Waals surface area contributed by atoms with Crippen LogP contribution >= 0.6 is 22.9 Å². The van der Waals surface area contributed by atoms with Crippen molar-refractivity contribution in [2.75, 3.05) is 19.8 Å². The number of rotatable bonds is 4. The van der Waals surface area contributed by atoms with Crippen LogP contribution in [0.1, 0.15) is 12.8 Å². The van der Waals surface area contributed by atoms with Crippen LogP contribution in [-0.2, 0) is 19.6 Å². The van der Waals surface area contributed by atoms with E-state index in [1.165, 1.54) is 10.5 Å². The molecule has 116 valence electrons. The van der Waals surface area contributed by atoms with Crippen molar-refractivity contribution in [2.45, 2.75) is 29.1 Å². The van der Waals surface area contributed by atoms with Gasteiger partial charge in [0, 0.05) is 12.6 Å². The molecule has 1 N–H and O–H groups in total. The standard InChI is InChI=1S/C11H14ClN3O4S2/c12-11-13-5-9(20-11)21(17,18)15-3-4-19-6-8(15)10(16)14-7-1-2-7/h5,7-8H,1-4,6H2,(H,14,16).